The lowest BCUT2D eigenvalue weighted by Crippen LogP contribution is -2.36. The molecule has 0 aromatic heterocycles. The molecule has 1 aromatic rings. The number of rotatable bonds is 6. The van der Waals surface area contributed by atoms with Crippen LogP contribution in [-0.4, -0.2) is 30.7 Å². The van der Waals surface area contributed by atoms with Gasteiger partial charge in [0.2, 0.25) is 0 Å². The van der Waals surface area contributed by atoms with Gasteiger partial charge in [0, 0.05) is 18.8 Å². The van der Waals surface area contributed by atoms with E-state index in [-0.39, 0.29) is 12.4 Å². The Bertz CT molecular complexity index is 369. The fourth-order valence-corrected chi connectivity index (χ4v) is 1.82. The van der Waals surface area contributed by atoms with Crippen LogP contribution in [0.5, 0.6) is 0 Å². The summed E-state index contributed by atoms with van der Waals surface area (Å²) in [5.41, 5.74) is 6.75. The molecule has 0 aliphatic carbocycles. The number of anilines is 1. The molecule has 1 aromatic carbocycles. The molecule has 0 spiro atoms. The topological polar surface area (TPSA) is 49.5 Å². The van der Waals surface area contributed by atoms with E-state index in [9.17, 15) is 8.78 Å². The van der Waals surface area contributed by atoms with Crippen LogP contribution in [0.2, 0.25) is 0 Å². The fourth-order valence-electron chi connectivity index (χ4n) is 1.82. The van der Waals surface area contributed by atoms with Crippen molar-refractivity contribution >= 4 is 18.1 Å². The van der Waals surface area contributed by atoms with Gasteiger partial charge in [-0.15, -0.1) is 12.4 Å². The highest BCUT2D eigenvalue weighted by atomic mass is 35.5. The van der Waals surface area contributed by atoms with Gasteiger partial charge >= 0.3 is 0 Å². The van der Waals surface area contributed by atoms with Crippen molar-refractivity contribution in [3.05, 3.63) is 29.8 Å². The molecule has 0 amide bonds. The normalized spacial score (nSPS) is 12.7. The van der Waals surface area contributed by atoms with Crippen LogP contribution in [0.1, 0.15) is 25.5 Å². The van der Waals surface area contributed by atoms with Crippen molar-refractivity contribution < 1.29 is 13.9 Å². The van der Waals surface area contributed by atoms with Crippen LogP contribution in [0.3, 0.4) is 0 Å². The number of aliphatic hydroxyl groups is 1. The van der Waals surface area contributed by atoms with Gasteiger partial charge in [-0.1, -0.05) is 12.1 Å². The van der Waals surface area contributed by atoms with E-state index in [0.29, 0.717) is 5.56 Å². The zero-order valence-electron chi connectivity index (χ0n) is 11.1. The van der Waals surface area contributed by atoms with E-state index in [4.69, 9.17) is 10.8 Å². The van der Waals surface area contributed by atoms with Crippen molar-refractivity contribution in [2.24, 2.45) is 5.73 Å². The Balaban J connectivity index is 0.00000324. The van der Waals surface area contributed by atoms with E-state index in [1.165, 1.54) is 0 Å². The molecule has 6 heteroatoms. The Hall–Kier alpha value is -0.910. The molecule has 0 unspecified atom stereocenters. The third-order valence-electron chi connectivity index (χ3n) is 3.05. The first-order valence-electron chi connectivity index (χ1n) is 6.05. The molecule has 3 N–H and O–H groups in total. The highest BCUT2D eigenvalue weighted by molar-refractivity contribution is 5.85. The number of nitrogens with zero attached hydrogens (tertiary/aromatic N) is 1. The van der Waals surface area contributed by atoms with Crippen LogP contribution < -0.4 is 10.6 Å². The Morgan fingerprint density at radius 1 is 1.21 bits per heavy atom. The number of benzene rings is 1. The lowest BCUT2D eigenvalue weighted by molar-refractivity contribution is -0.0711. The van der Waals surface area contributed by atoms with Crippen LogP contribution in [0.15, 0.2) is 24.3 Å². The summed E-state index contributed by atoms with van der Waals surface area (Å²) in [7, 11) is 0. The van der Waals surface area contributed by atoms with Gasteiger partial charge in [-0.05, 0) is 31.5 Å². The maximum Gasteiger partial charge on any atom is 0.289 e. The lowest BCUT2D eigenvalue weighted by atomic mass is 10.0. The first-order valence-corrected chi connectivity index (χ1v) is 6.05. The van der Waals surface area contributed by atoms with Crippen LogP contribution in [0.25, 0.3) is 0 Å². The first-order chi connectivity index (χ1) is 8.46. The predicted molar refractivity (Wildman–Crippen MR) is 76.2 cm³/mol. The minimum atomic E-state index is -3.29. The summed E-state index contributed by atoms with van der Waals surface area (Å²) in [5.74, 6) is -3.29. The molecule has 0 saturated carbocycles. The van der Waals surface area contributed by atoms with Crippen molar-refractivity contribution in [1.29, 1.82) is 0 Å². The molecule has 0 fully saturated rings. The average molecular weight is 295 g/mol. The SMILES string of the molecule is CCN(CC)c1ccc([C@@H](N)C(F)(F)CO)cc1.Cl. The van der Waals surface area contributed by atoms with Gasteiger partial charge in [0.15, 0.2) is 0 Å². The van der Waals surface area contributed by atoms with Crippen LogP contribution in [-0.2, 0) is 0 Å². The zero-order chi connectivity index (χ0) is 13.8. The average Bonchev–Trinajstić information content (AvgIpc) is 2.40. The van der Waals surface area contributed by atoms with Crippen LogP contribution >= 0.6 is 12.4 Å². The fraction of sp³-hybridized carbons (Fsp3) is 0.538. The van der Waals surface area contributed by atoms with Gasteiger partial charge in [-0.3, -0.25) is 0 Å². The molecule has 0 bridgehead atoms. The monoisotopic (exact) mass is 294 g/mol. The van der Waals surface area contributed by atoms with Crippen molar-refractivity contribution in [2.75, 3.05) is 24.6 Å². The third-order valence-corrected chi connectivity index (χ3v) is 3.05. The Kier molecular flexibility index (Phi) is 7.26. The second-order valence-corrected chi connectivity index (χ2v) is 4.16. The number of nitrogens with two attached hydrogens (primary N) is 1. The summed E-state index contributed by atoms with van der Waals surface area (Å²) < 4.78 is 26.5. The molecule has 110 valence electrons. The molecule has 0 saturated heterocycles. The second-order valence-electron chi connectivity index (χ2n) is 4.16. The molecular formula is C13H21ClF2N2O. The molecule has 0 heterocycles. The predicted octanol–water partition coefficient (Wildman–Crippen LogP) is 2.58. The Morgan fingerprint density at radius 3 is 2.05 bits per heavy atom. The summed E-state index contributed by atoms with van der Waals surface area (Å²) in [4.78, 5) is 2.11. The first kappa shape index (κ1) is 18.1. The highest BCUT2D eigenvalue weighted by Crippen LogP contribution is 2.29. The molecule has 0 radical (unpaired) electrons. The van der Waals surface area contributed by atoms with Crippen LogP contribution in [0, 0.1) is 0 Å². The largest absolute Gasteiger partial charge is 0.390 e. The van der Waals surface area contributed by atoms with E-state index in [1.807, 2.05) is 13.8 Å². The molecule has 0 aliphatic heterocycles. The van der Waals surface area contributed by atoms with Crippen molar-refractivity contribution in [1.82, 2.24) is 0 Å². The van der Waals surface area contributed by atoms with Gasteiger partial charge in [0.05, 0.1) is 6.04 Å². The van der Waals surface area contributed by atoms with Crippen LogP contribution in [0.4, 0.5) is 14.5 Å². The summed E-state index contributed by atoms with van der Waals surface area (Å²) in [6.45, 7) is 4.53. The van der Waals surface area contributed by atoms with E-state index >= 15 is 0 Å². The number of hydrogen-bond acceptors (Lipinski definition) is 3. The molecule has 19 heavy (non-hydrogen) atoms. The van der Waals surface area contributed by atoms with Gasteiger partial charge in [0.25, 0.3) is 5.92 Å². The quantitative estimate of drug-likeness (QED) is 0.848. The van der Waals surface area contributed by atoms with Gasteiger partial charge in [-0.25, -0.2) is 8.78 Å². The lowest BCUT2D eigenvalue weighted by Gasteiger charge is -2.24. The standard InChI is InChI=1S/C13H20F2N2O.ClH/c1-3-17(4-2)11-7-5-10(6-8-11)12(16)13(14,15)9-18;/h5-8,12,18H,3-4,9,16H2,1-2H3;1H/t12-;/m1./s1. The van der Waals surface area contributed by atoms with Crippen molar-refractivity contribution in [3.8, 4) is 0 Å². The maximum atomic E-state index is 13.2. The number of halogens is 3. The van der Waals surface area contributed by atoms with E-state index in [0.717, 1.165) is 18.8 Å². The summed E-state index contributed by atoms with van der Waals surface area (Å²) in [6, 6.07) is 5.24. The van der Waals surface area contributed by atoms with Crippen molar-refractivity contribution in [2.45, 2.75) is 25.8 Å². The van der Waals surface area contributed by atoms with Crippen molar-refractivity contribution in [3.63, 3.8) is 0 Å². The minimum absolute atomic E-state index is 0. The highest BCUT2D eigenvalue weighted by Gasteiger charge is 2.37. The van der Waals surface area contributed by atoms with Gasteiger partial charge in [0.1, 0.15) is 6.61 Å². The second kappa shape index (κ2) is 7.62. The summed E-state index contributed by atoms with van der Waals surface area (Å²) in [6.07, 6.45) is 0. The Labute approximate surface area is 118 Å². The smallest absolute Gasteiger partial charge is 0.289 e. The van der Waals surface area contributed by atoms with Gasteiger partial charge < -0.3 is 15.7 Å². The molecule has 0 aliphatic rings. The minimum Gasteiger partial charge on any atom is -0.390 e. The number of hydrogen-bond donors (Lipinski definition) is 2. The molecule has 1 rings (SSSR count). The number of alkyl halides is 2. The summed E-state index contributed by atoms with van der Waals surface area (Å²) in [5, 5.41) is 8.61. The molecular weight excluding hydrogens is 274 g/mol. The third kappa shape index (κ3) is 4.30. The van der Waals surface area contributed by atoms with E-state index in [2.05, 4.69) is 4.90 Å². The van der Waals surface area contributed by atoms with E-state index < -0.39 is 18.6 Å². The van der Waals surface area contributed by atoms with E-state index in [1.54, 1.807) is 24.3 Å². The Morgan fingerprint density at radius 2 is 1.68 bits per heavy atom. The maximum absolute atomic E-state index is 13.2. The molecule has 3 nitrogen and oxygen atoms in total. The zero-order valence-corrected chi connectivity index (χ0v) is 12.0. The number of aliphatic hydroxyl groups excluding tert-OH is 1. The van der Waals surface area contributed by atoms with Gasteiger partial charge in [-0.2, -0.15) is 0 Å². The summed E-state index contributed by atoms with van der Waals surface area (Å²) >= 11 is 0. The molecule has 1 atom stereocenters.